The number of benzene rings is 1. The van der Waals surface area contributed by atoms with E-state index in [0.29, 0.717) is 19.7 Å². The fraction of sp³-hybridized carbons (Fsp3) is 0.421. The number of nitrogens with zero attached hydrogens (tertiary/aromatic N) is 2. The second kappa shape index (κ2) is 9.26. The normalized spacial score (nSPS) is 16.5. The first-order valence-corrected chi connectivity index (χ1v) is 8.82. The van der Waals surface area contributed by atoms with E-state index in [1.807, 2.05) is 30.3 Å². The molecule has 0 bridgehead atoms. The summed E-state index contributed by atoms with van der Waals surface area (Å²) in [6.07, 6.45) is 2.13. The lowest BCUT2D eigenvalue weighted by molar-refractivity contribution is -0.126. The van der Waals surface area contributed by atoms with Crippen LogP contribution in [0.1, 0.15) is 12.8 Å². The van der Waals surface area contributed by atoms with E-state index in [2.05, 4.69) is 10.4 Å². The van der Waals surface area contributed by atoms with Crippen molar-refractivity contribution in [3.05, 3.63) is 52.8 Å². The standard InChI is InChI=1S/C19H23N3O4/c23-18(14-25-13-16-7-4-12-26-16)20-10-11-22-19(24)9-8-17(21-22)15-5-2-1-3-6-15/h1-3,5-6,8-9,16H,4,7,10-14H2,(H,20,23)/t16-/m1/s1. The number of carbonyl (C=O) groups excluding carboxylic acids is 1. The molecule has 1 aromatic carbocycles. The molecule has 7 heteroatoms. The van der Waals surface area contributed by atoms with E-state index >= 15 is 0 Å². The molecule has 1 saturated heterocycles. The number of carbonyl (C=O) groups is 1. The van der Waals surface area contributed by atoms with Crippen LogP contribution in [-0.4, -0.2) is 48.2 Å². The van der Waals surface area contributed by atoms with Crippen LogP contribution in [0, 0.1) is 0 Å². The van der Waals surface area contributed by atoms with Gasteiger partial charge in [0.05, 0.1) is 24.9 Å². The van der Waals surface area contributed by atoms with Crippen LogP contribution < -0.4 is 10.9 Å². The van der Waals surface area contributed by atoms with Crippen LogP contribution in [0.4, 0.5) is 0 Å². The Labute approximate surface area is 151 Å². The van der Waals surface area contributed by atoms with Gasteiger partial charge in [0.1, 0.15) is 6.61 Å². The van der Waals surface area contributed by atoms with E-state index < -0.39 is 0 Å². The van der Waals surface area contributed by atoms with Crippen LogP contribution in [0.25, 0.3) is 11.3 Å². The van der Waals surface area contributed by atoms with Crippen molar-refractivity contribution in [3.8, 4) is 11.3 Å². The van der Waals surface area contributed by atoms with Gasteiger partial charge < -0.3 is 14.8 Å². The molecular formula is C19H23N3O4. The van der Waals surface area contributed by atoms with Crippen LogP contribution in [0.3, 0.4) is 0 Å². The van der Waals surface area contributed by atoms with Gasteiger partial charge in [-0.2, -0.15) is 5.10 Å². The molecule has 2 aromatic rings. The minimum atomic E-state index is -0.213. The van der Waals surface area contributed by atoms with Crippen LogP contribution in [0.15, 0.2) is 47.3 Å². The summed E-state index contributed by atoms with van der Waals surface area (Å²) in [5.74, 6) is -0.213. The Morgan fingerprint density at radius 2 is 2.12 bits per heavy atom. The van der Waals surface area contributed by atoms with Crippen molar-refractivity contribution in [3.63, 3.8) is 0 Å². The summed E-state index contributed by atoms with van der Waals surface area (Å²) in [4.78, 5) is 23.7. The molecule has 1 aromatic heterocycles. The van der Waals surface area contributed by atoms with E-state index in [0.717, 1.165) is 30.7 Å². The second-order valence-corrected chi connectivity index (χ2v) is 6.15. The van der Waals surface area contributed by atoms with Crippen LogP contribution in [-0.2, 0) is 20.8 Å². The molecule has 0 aliphatic carbocycles. The summed E-state index contributed by atoms with van der Waals surface area (Å²) in [6, 6.07) is 12.8. The zero-order valence-corrected chi connectivity index (χ0v) is 14.6. The number of nitrogens with one attached hydrogen (secondary N) is 1. The van der Waals surface area contributed by atoms with Crippen molar-refractivity contribution < 1.29 is 14.3 Å². The molecule has 1 amide bonds. The van der Waals surface area contributed by atoms with Crippen LogP contribution >= 0.6 is 0 Å². The average molecular weight is 357 g/mol. The summed E-state index contributed by atoms with van der Waals surface area (Å²) >= 11 is 0. The zero-order valence-electron chi connectivity index (χ0n) is 14.6. The second-order valence-electron chi connectivity index (χ2n) is 6.15. The Bertz CT molecular complexity index is 770. The maximum Gasteiger partial charge on any atom is 0.266 e. The Hall–Kier alpha value is -2.51. The molecule has 0 spiro atoms. The third-order valence-corrected chi connectivity index (χ3v) is 4.14. The van der Waals surface area contributed by atoms with Crippen molar-refractivity contribution in [2.75, 3.05) is 26.4 Å². The van der Waals surface area contributed by atoms with E-state index in [1.54, 1.807) is 6.07 Å². The van der Waals surface area contributed by atoms with Gasteiger partial charge in [0.25, 0.3) is 5.56 Å². The van der Waals surface area contributed by atoms with E-state index in [9.17, 15) is 9.59 Å². The largest absolute Gasteiger partial charge is 0.376 e. The lowest BCUT2D eigenvalue weighted by Crippen LogP contribution is -2.34. The summed E-state index contributed by atoms with van der Waals surface area (Å²) in [7, 11) is 0. The minimum absolute atomic E-state index is 0.00770. The third kappa shape index (κ3) is 5.24. The lowest BCUT2D eigenvalue weighted by atomic mass is 10.1. The predicted octanol–water partition coefficient (Wildman–Crippen LogP) is 1.22. The first-order chi connectivity index (χ1) is 12.7. The number of aromatic nitrogens is 2. The number of hydrogen-bond acceptors (Lipinski definition) is 5. The fourth-order valence-electron chi connectivity index (χ4n) is 2.78. The highest BCUT2D eigenvalue weighted by Crippen LogP contribution is 2.14. The topological polar surface area (TPSA) is 82.4 Å². The maximum atomic E-state index is 11.9. The Balaban J connectivity index is 1.45. The summed E-state index contributed by atoms with van der Waals surface area (Å²) in [6.45, 7) is 1.81. The molecule has 1 N–H and O–H groups in total. The van der Waals surface area contributed by atoms with Gasteiger partial charge in [0, 0.05) is 24.8 Å². The lowest BCUT2D eigenvalue weighted by Gasteiger charge is -2.11. The average Bonchev–Trinajstić information content (AvgIpc) is 3.17. The maximum absolute atomic E-state index is 11.9. The van der Waals surface area contributed by atoms with Gasteiger partial charge in [-0.1, -0.05) is 30.3 Å². The van der Waals surface area contributed by atoms with E-state index in [1.165, 1.54) is 10.7 Å². The first kappa shape index (κ1) is 18.3. The molecule has 2 heterocycles. The molecule has 1 fully saturated rings. The van der Waals surface area contributed by atoms with Gasteiger partial charge >= 0.3 is 0 Å². The smallest absolute Gasteiger partial charge is 0.266 e. The van der Waals surface area contributed by atoms with Gasteiger partial charge in [-0.15, -0.1) is 0 Å². The van der Waals surface area contributed by atoms with Gasteiger partial charge in [0.2, 0.25) is 5.91 Å². The highest BCUT2D eigenvalue weighted by Gasteiger charge is 2.15. The minimum Gasteiger partial charge on any atom is -0.376 e. The van der Waals surface area contributed by atoms with Crippen molar-refractivity contribution in [1.29, 1.82) is 0 Å². The Morgan fingerprint density at radius 1 is 1.27 bits per heavy atom. The number of hydrogen-bond donors (Lipinski definition) is 1. The number of amides is 1. The van der Waals surface area contributed by atoms with E-state index in [-0.39, 0.29) is 24.2 Å². The number of rotatable bonds is 8. The molecular weight excluding hydrogens is 334 g/mol. The molecule has 1 aliphatic heterocycles. The summed E-state index contributed by atoms with van der Waals surface area (Å²) in [5, 5.41) is 7.10. The van der Waals surface area contributed by atoms with Gasteiger partial charge in [-0.25, -0.2) is 4.68 Å². The molecule has 3 rings (SSSR count). The quantitative estimate of drug-likeness (QED) is 0.768. The fourth-order valence-corrected chi connectivity index (χ4v) is 2.78. The summed E-state index contributed by atoms with van der Waals surface area (Å²) in [5.41, 5.74) is 1.46. The van der Waals surface area contributed by atoms with Gasteiger partial charge in [-0.05, 0) is 18.9 Å². The highest BCUT2D eigenvalue weighted by molar-refractivity contribution is 5.77. The highest BCUT2D eigenvalue weighted by atomic mass is 16.5. The van der Waals surface area contributed by atoms with E-state index in [4.69, 9.17) is 9.47 Å². The van der Waals surface area contributed by atoms with Crippen molar-refractivity contribution >= 4 is 5.91 Å². The van der Waals surface area contributed by atoms with Crippen LogP contribution in [0.5, 0.6) is 0 Å². The van der Waals surface area contributed by atoms with Crippen molar-refractivity contribution in [2.45, 2.75) is 25.5 Å². The van der Waals surface area contributed by atoms with Crippen molar-refractivity contribution in [1.82, 2.24) is 15.1 Å². The third-order valence-electron chi connectivity index (χ3n) is 4.14. The molecule has 138 valence electrons. The van der Waals surface area contributed by atoms with Gasteiger partial charge in [-0.3, -0.25) is 9.59 Å². The molecule has 7 nitrogen and oxygen atoms in total. The monoisotopic (exact) mass is 357 g/mol. The first-order valence-electron chi connectivity index (χ1n) is 8.82. The summed E-state index contributed by atoms with van der Waals surface area (Å²) < 4.78 is 12.2. The molecule has 1 atom stereocenters. The van der Waals surface area contributed by atoms with Gasteiger partial charge in [0.15, 0.2) is 0 Å². The molecule has 1 aliphatic rings. The number of ether oxygens (including phenoxy) is 2. The van der Waals surface area contributed by atoms with Crippen LogP contribution in [0.2, 0.25) is 0 Å². The van der Waals surface area contributed by atoms with Crippen molar-refractivity contribution in [2.24, 2.45) is 0 Å². The predicted molar refractivity (Wildman–Crippen MR) is 96.7 cm³/mol. The molecule has 0 saturated carbocycles. The Kier molecular flexibility index (Phi) is 6.51. The molecule has 0 unspecified atom stereocenters. The zero-order chi connectivity index (χ0) is 18.2. The molecule has 0 radical (unpaired) electrons. The Morgan fingerprint density at radius 3 is 2.88 bits per heavy atom. The SMILES string of the molecule is O=C(COC[C@H]1CCCO1)NCCn1nc(-c2ccccc2)ccc1=O. The molecule has 26 heavy (non-hydrogen) atoms.